The van der Waals surface area contributed by atoms with Crippen molar-refractivity contribution in [3.8, 4) is 5.75 Å². The Hall–Kier alpha value is -3.93. The molecule has 0 radical (unpaired) electrons. The normalized spacial score (nSPS) is 14.9. The van der Waals surface area contributed by atoms with Crippen molar-refractivity contribution in [3.63, 3.8) is 0 Å². The van der Waals surface area contributed by atoms with E-state index in [-0.39, 0.29) is 18.6 Å². The fraction of sp³-hybridized carbons (Fsp3) is 0.250. The third-order valence-electron chi connectivity index (χ3n) is 5.94. The van der Waals surface area contributed by atoms with Crippen molar-refractivity contribution >= 4 is 18.0 Å². The van der Waals surface area contributed by atoms with Crippen LogP contribution in [0.1, 0.15) is 41.3 Å². The molecule has 1 aliphatic carbocycles. The number of aromatic nitrogens is 1. The molecule has 0 saturated heterocycles. The minimum atomic E-state index is -0.554. The summed E-state index contributed by atoms with van der Waals surface area (Å²) in [6, 6.07) is 21.3. The van der Waals surface area contributed by atoms with Crippen molar-refractivity contribution in [3.05, 3.63) is 101 Å². The minimum Gasteiger partial charge on any atom is -0.487 e. The summed E-state index contributed by atoms with van der Waals surface area (Å²) < 4.78 is 10.9. The number of aryl methyl sites for hydroxylation is 1. The molecule has 4 rings (SSSR count). The number of pyridine rings is 1. The number of hydrogen-bond acceptors (Lipinski definition) is 5. The number of hydrogen-bond donors (Lipinski definition) is 0. The smallest absolute Gasteiger partial charge is 0.331 e. The van der Waals surface area contributed by atoms with E-state index in [2.05, 4.69) is 17.1 Å². The highest BCUT2D eigenvalue weighted by Gasteiger charge is 2.26. The summed E-state index contributed by atoms with van der Waals surface area (Å²) in [6.45, 7) is 0.107. The number of likely N-dealkylation sites (N-methyl/N-ethyl adjacent to an activating group) is 1. The lowest BCUT2D eigenvalue weighted by Gasteiger charge is -2.33. The highest BCUT2D eigenvalue weighted by atomic mass is 16.5. The Balaban J connectivity index is 1.24. The first kappa shape index (κ1) is 23.2. The zero-order chi connectivity index (χ0) is 23.8. The molecule has 0 fully saturated rings. The number of benzene rings is 2. The highest BCUT2D eigenvalue weighted by Crippen LogP contribution is 2.33. The Morgan fingerprint density at radius 2 is 1.85 bits per heavy atom. The van der Waals surface area contributed by atoms with Crippen molar-refractivity contribution < 1.29 is 19.1 Å². The Morgan fingerprint density at radius 3 is 2.65 bits per heavy atom. The van der Waals surface area contributed by atoms with Gasteiger partial charge < -0.3 is 14.4 Å². The van der Waals surface area contributed by atoms with Crippen molar-refractivity contribution in [1.82, 2.24) is 9.88 Å². The van der Waals surface area contributed by atoms with E-state index in [1.165, 1.54) is 17.2 Å². The maximum absolute atomic E-state index is 12.6. The van der Waals surface area contributed by atoms with Gasteiger partial charge in [-0.2, -0.15) is 0 Å². The summed E-state index contributed by atoms with van der Waals surface area (Å²) in [5.41, 5.74) is 4.14. The van der Waals surface area contributed by atoms with Crippen LogP contribution in [0.25, 0.3) is 6.08 Å². The second kappa shape index (κ2) is 11.3. The van der Waals surface area contributed by atoms with Gasteiger partial charge in [-0.25, -0.2) is 4.79 Å². The molecular weight excluding hydrogens is 428 g/mol. The quantitative estimate of drug-likeness (QED) is 0.361. The van der Waals surface area contributed by atoms with Gasteiger partial charge in [0.15, 0.2) is 6.61 Å². The van der Waals surface area contributed by atoms with Gasteiger partial charge in [-0.15, -0.1) is 0 Å². The summed E-state index contributed by atoms with van der Waals surface area (Å²) in [5.74, 6) is -0.0533. The molecule has 1 atom stereocenters. The van der Waals surface area contributed by atoms with Crippen LogP contribution in [0, 0.1) is 0 Å². The molecule has 0 spiro atoms. The molecule has 34 heavy (non-hydrogen) atoms. The summed E-state index contributed by atoms with van der Waals surface area (Å²) >= 11 is 0. The lowest BCUT2D eigenvalue weighted by atomic mass is 9.87. The number of carbonyl (C=O) groups is 2. The Labute approximate surface area is 199 Å². The molecule has 0 aliphatic heterocycles. The molecule has 2 aromatic carbocycles. The van der Waals surface area contributed by atoms with Gasteiger partial charge >= 0.3 is 5.97 Å². The molecule has 3 aromatic rings. The van der Waals surface area contributed by atoms with Crippen LogP contribution in [0.2, 0.25) is 0 Å². The summed E-state index contributed by atoms with van der Waals surface area (Å²) in [4.78, 5) is 30.7. The average Bonchev–Trinajstić information content (AvgIpc) is 2.89. The van der Waals surface area contributed by atoms with Gasteiger partial charge in [-0.1, -0.05) is 42.5 Å². The second-order valence-corrected chi connectivity index (χ2v) is 8.23. The first-order valence-electron chi connectivity index (χ1n) is 11.4. The Morgan fingerprint density at radius 1 is 1.06 bits per heavy atom. The molecule has 1 aromatic heterocycles. The first-order chi connectivity index (χ1) is 16.6. The van der Waals surface area contributed by atoms with Gasteiger partial charge in [0.2, 0.25) is 0 Å². The van der Waals surface area contributed by atoms with E-state index >= 15 is 0 Å². The lowest BCUT2D eigenvalue weighted by Crippen LogP contribution is -2.36. The van der Waals surface area contributed by atoms with Gasteiger partial charge in [-0.3, -0.25) is 9.78 Å². The second-order valence-electron chi connectivity index (χ2n) is 8.23. The van der Waals surface area contributed by atoms with Crippen LogP contribution in [-0.4, -0.2) is 35.4 Å². The number of rotatable bonds is 8. The van der Waals surface area contributed by atoms with E-state index in [4.69, 9.17) is 9.47 Å². The van der Waals surface area contributed by atoms with Crippen LogP contribution in [-0.2, 0) is 27.4 Å². The minimum absolute atomic E-state index is 0.0186. The van der Waals surface area contributed by atoms with Gasteiger partial charge in [0.05, 0.1) is 11.7 Å². The van der Waals surface area contributed by atoms with Crippen LogP contribution >= 0.6 is 0 Å². The van der Waals surface area contributed by atoms with Crippen LogP contribution in [0.4, 0.5) is 0 Å². The Kier molecular flexibility index (Phi) is 7.71. The number of carbonyl (C=O) groups excluding carboxylic acids is 2. The number of esters is 1. The number of amides is 1. The molecule has 1 amide bonds. The molecule has 1 unspecified atom stereocenters. The maximum Gasteiger partial charge on any atom is 0.331 e. The monoisotopic (exact) mass is 456 g/mol. The molecular formula is C28H28N2O4. The molecule has 0 saturated carbocycles. The van der Waals surface area contributed by atoms with Gasteiger partial charge in [-0.05, 0) is 66.3 Å². The zero-order valence-corrected chi connectivity index (χ0v) is 19.2. The van der Waals surface area contributed by atoms with Crippen LogP contribution < -0.4 is 4.74 Å². The fourth-order valence-corrected chi connectivity index (χ4v) is 4.07. The molecule has 6 heteroatoms. The third-order valence-corrected chi connectivity index (χ3v) is 5.94. The summed E-state index contributed by atoms with van der Waals surface area (Å²) in [6.07, 6.45) is 7.69. The molecule has 6 nitrogen and oxygen atoms in total. The van der Waals surface area contributed by atoms with Crippen LogP contribution in [0.5, 0.6) is 5.75 Å². The molecule has 0 bridgehead atoms. The molecule has 1 heterocycles. The molecule has 1 aliphatic rings. The Bertz CT molecular complexity index is 1140. The van der Waals surface area contributed by atoms with Crippen LogP contribution in [0.15, 0.2) is 79.0 Å². The van der Waals surface area contributed by atoms with Crippen molar-refractivity contribution in [2.75, 3.05) is 13.7 Å². The van der Waals surface area contributed by atoms with E-state index < -0.39 is 5.97 Å². The number of ether oxygens (including phenoxy) is 2. The van der Waals surface area contributed by atoms with E-state index in [0.29, 0.717) is 12.4 Å². The molecule has 0 N–H and O–H groups in total. The standard InChI is InChI=1S/C28H28N2O4/c1-30(26-11-6-8-22-7-2-3-10-25(22)26)27(31)20-34-28(32)17-14-21-12-15-24(16-13-21)33-19-23-9-4-5-18-29-23/h2-5,7,9-10,12-18,26H,6,8,11,19-20H2,1H3. The maximum atomic E-state index is 12.6. The van der Waals surface area contributed by atoms with Gasteiger partial charge in [0, 0.05) is 19.3 Å². The van der Waals surface area contributed by atoms with E-state index in [1.54, 1.807) is 24.2 Å². The number of nitrogens with zero attached hydrogens (tertiary/aromatic N) is 2. The fourth-order valence-electron chi connectivity index (χ4n) is 4.07. The van der Waals surface area contributed by atoms with E-state index in [9.17, 15) is 9.59 Å². The summed E-state index contributed by atoms with van der Waals surface area (Å²) in [7, 11) is 1.77. The highest BCUT2D eigenvalue weighted by molar-refractivity contribution is 5.89. The number of fused-ring (bicyclic) bond motifs is 1. The molecule has 174 valence electrons. The zero-order valence-electron chi connectivity index (χ0n) is 19.2. The first-order valence-corrected chi connectivity index (χ1v) is 11.4. The van der Waals surface area contributed by atoms with Gasteiger partial charge in [0.25, 0.3) is 5.91 Å². The predicted molar refractivity (Wildman–Crippen MR) is 130 cm³/mol. The van der Waals surface area contributed by atoms with E-state index in [1.807, 2.05) is 54.6 Å². The largest absolute Gasteiger partial charge is 0.487 e. The lowest BCUT2D eigenvalue weighted by molar-refractivity contribution is -0.148. The average molecular weight is 457 g/mol. The third kappa shape index (κ3) is 6.10. The predicted octanol–water partition coefficient (Wildman–Crippen LogP) is 4.75. The summed E-state index contributed by atoms with van der Waals surface area (Å²) in [5, 5.41) is 0. The van der Waals surface area contributed by atoms with Gasteiger partial charge in [0.1, 0.15) is 12.4 Å². The van der Waals surface area contributed by atoms with Crippen molar-refractivity contribution in [2.24, 2.45) is 0 Å². The SMILES string of the molecule is CN(C(=O)COC(=O)C=Cc1ccc(OCc2ccccn2)cc1)C1CCCc2ccccc21. The van der Waals surface area contributed by atoms with Crippen molar-refractivity contribution in [2.45, 2.75) is 31.9 Å². The van der Waals surface area contributed by atoms with Crippen molar-refractivity contribution in [1.29, 1.82) is 0 Å². The topological polar surface area (TPSA) is 68.7 Å². The van der Waals surface area contributed by atoms with Crippen LogP contribution in [0.3, 0.4) is 0 Å². The van der Waals surface area contributed by atoms with E-state index in [0.717, 1.165) is 30.5 Å².